The molecule has 2 aromatic carbocycles. The summed E-state index contributed by atoms with van der Waals surface area (Å²) in [5.41, 5.74) is 11.0. The van der Waals surface area contributed by atoms with Crippen LogP contribution in [0.2, 0.25) is 0 Å². The van der Waals surface area contributed by atoms with Gasteiger partial charge in [-0.15, -0.1) is 11.8 Å². The number of nitrogens with two attached hydrogens (primary N) is 1. The molecule has 0 aliphatic carbocycles. The second-order valence-electron chi connectivity index (χ2n) is 12.1. The number of amides is 1. The van der Waals surface area contributed by atoms with Gasteiger partial charge in [0.15, 0.2) is 23.0 Å². The highest BCUT2D eigenvalue weighted by atomic mass is 32.2. The quantitative estimate of drug-likeness (QED) is 0.332. The molecular formula is C31H35N5O7S. The number of hydrogen-bond acceptors (Lipinski definition) is 12. The minimum Gasteiger partial charge on any atom is -0.504 e. The second-order valence-corrected chi connectivity index (χ2v) is 13.3. The van der Waals surface area contributed by atoms with E-state index in [9.17, 15) is 20.0 Å². The second kappa shape index (κ2) is 10.4. The van der Waals surface area contributed by atoms with E-state index in [4.69, 9.17) is 24.7 Å². The molecule has 0 aromatic heterocycles. The molecule has 0 saturated carbocycles. The van der Waals surface area contributed by atoms with Gasteiger partial charge in [-0.25, -0.2) is 0 Å². The van der Waals surface area contributed by atoms with Crippen LogP contribution >= 0.6 is 11.8 Å². The van der Waals surface area contributed by atoms with Gasteiger partial charge >= 0.3 is 5.97 Å². The van der Waals surface area contributed by atoms with Gasteiger partial charge in [-0.05, 0) is 38.4 Å². The number of nitrogens with zero attached hydrogens (tertiary/aromatic N) is 3. The van der Waals surface area contributed by atoms with Crippen LogP contribution in [0.1, 0.15) is 57.6 Å². The summed E-state index contributed by atoms with van der Waals surface area (Å²) in [6.07, 6.45) is 0.543. The van der Waals surface area contributed by atoms with Crippen LogP contribution in [0.15, 0.2) is 6.07 Å². The maximum absolute atomic E-state index is 13.1. The number of aryl methyl sites for hydroxylation is 1. The first-order valence-electron chi connectivity index (χ1n) is 14.7. The highest BCUT2D eigenvalue weighted by molar-refractivity contribution is 7.99. The SMILES string of the molecule is COc1c(C)cc2c(c1O)[C@@H]1C3[C@@H]4SCC(N)C(=O)NC[C@@H](c5c6c(c(C)c(OC(C)=O)c54)OCO6)N3[C@@H](C#N)[C@H](C2)N1C. The summed E-state index contributed by atoms with van der Waals surface area (Å²) in [5, 5.41) is 25.2. The van der Waals surface area contributed by atoms with Crippen LogP contribution in [-0.2, 0) is 16.0 Å². The Morgan fingerprint density at radius 2 is 1.98 bits per heavy atom. The first-order valence-corrected chi connectivity index (χ1v) is 15.7. The van der Waals surface area contributed by atoms with Crippen LogP contribution in [0.4, 0.5) is 0 Å². The summed E-state index contributed by atoms with van der Waals surface area (Å²) >= 11 is 1.48. The molecule has 5 heterocycles. The summed E-state index contributed by atoms with van der Waals surface area (Å²) in [7, 11) is 3.54. The number of phenols is 1. The predicted octanol–water partition coefficient (Wildman–Crippen LogP) is 2.13. The molecule has 4 bridgehead atoms. The van der Waals surface area contributed by atoms with Crippen molar-refractivity contribution in [3.8, 4) is 34.8 Å². The number of methoxy groups -OCH3 is 1. The summed E-state index contributed by atoms with van der Waals surface area (Å²) in [4.78, 5) is 30.0. The van der Waals surface area contributed by atoms with Gasteiger partial charge in [-0.2, -0.15) is 5.26 Å². The molecule has 1 amide bonds. The number of rotatable bonds is 2. The molecule has 12 nitrogen and oxygen atoms in total. The lowest BCUT2D eigenvalue weighted by atomic mass is 9.71. The Hall–Kier alpha value is -3.70. The van der Waals surface area contributed by atoms with Gasteiger partial charge in [0.2, 0.25) is 12.7 Å². The van der Waals surface area contributed by atoms with Gasteiger partial charge in [-0.1, -0.05) is 6.07 Å². The van der Waals surface area contributed by atoms with E-state index in [0.717, 1.165) is 27.8 Å². The number of aromatic hydroxyl groups is 1. The Balaban J connectivity index is 1.56. The zero-order valence-corrected chi connectivity index (χ0v) is 26.0. The van der Waals surface area contributed by atoms with Crippen molar-refractivity contribution in [3.63, 3.8) is 0 Å². The lowest BCUT2D eigenvalue weighted by molar-refractivity contribution is -0.132. The molecule has 13 heteroatoms. The van der Waals surface area contributed by atoms with Crippen molar-refractivity contribution in [3.05, 3.63) is 39.4 Å². The molecule has 2 unspecified atom stereocenters. The molecule has 232 valence electrons. The van der Waals surface area contributed by atoms with E-state index >= 15 is 0 Å². The Morgan fingerprint density at radius 1 is 1.23 bits per heavy atom. The van der Waals surface area contributed by atoms with Crippen LogP contribution in [0.3, 0.4) is 0 Å². The number of ether oxygens (including phenoxy) is 4. The molecule has 2 aromatic rings. The highest BCUT2D eigenvalue weighted by Crippen LogP contribution is 2.63. The third-order valence-electron chi connectivity index (χ3n) is 9.81. The molecule has 4 N–H and O–H groups in total. The Bertz CT molecular complexity index is 1640. The number of benzene rings is 2. The Labute approximate surface area is 259 Å². The topological polar surface area (TPSA) is 160 Å². The largest absolute Gasteiger partial charge is 0.504 e. The molecule has 2 saturated heterocycles. The van der Waals surface area contributed by atoms with Crippen molar-refractivity contribution in [2.24, 2.45) is 5.73 Å². The van der Waals surface area contributed by atoms with Crippen LogP contribution in [0.25, 0.3) is 0 Å². The molecule has 7 rings (SSSR count). The summed E-state index contributed by atoms with van der Waals surface area (Å²) in [6, 6.07) is 1.76. The van der Waals surface area contributed by atoms with E-state index in [1.807, 2.05) is 27.0 Å². The van der Waals surface area contributed by atoms with Crippen molar-refractivity contribution in [2.45, 2.75) is 68.7 Å². The third-order valence-corrected chi connectivity index (χ3v) is 11.2. The van der Waals surface area contributed by atoms with Crippen molar-refractivity contribution in [1.82, 2.24) is 15.1 Å². The van der Waals surface area contributed by atoms with E-state index < -0.39 is 35.4 Å². The standard InChI is InChI=1S/C31H35N5O7S/c1-12-6-15-7-17-18(8-32)36-19-9-34-31(39)16(33)10-44-30(24(36)23(35(17)4)20(15)25(38)26(12)40-5)22-21(19)29-28(41-11-42-29)13(2)27(22)43-14(3)37/h6,16-19,23-24,30,38H,7,9-11,33H2,1-5H3,(H,34,39)/t16?,17-,18-,19-,23+,24?,30+/m0/s1. The zero-order valence-electron chi connectivity index (χ0n) is 25.2. The fourth-order valence-corrected chi connectivity index (χ4v) is 9.54. The van der Waals surface area contributed by atoms with Crippen molar-refractivity contribution in [2.75, 3.05) is 33.2 Å². The van der Waals surface area contributed by atoms with Gasteiger partial charge in [0.1, 0.15) is 11.8 Å². The number of phenolic OH excluding ortho intramolecular Hbond substituents is 1. The predicted molar refractivity (Wildman–Crippen MR) is 160 cm³/mol. The number of fused-ring (bicyclic) bond motifs is 9. The lowest BCUT2D eigenvalue weighted by Gasteiger charge is -2.62. The fourth-order valence-electron chi connectivity index (χ4n) is 8.09. The number of nitrogens with one attached hydrogen (secondary N) is 1. The number of carbonyl (C=O) groups is 2. The van der Waals surface area contributed by atoms with Gasteiger partial charge in [-0.3, -0.25) is 19.4 Å². The summed E-state index contributed by atoms with van der Waals surface area (Å²) in [6.45, 7) is 5.24. The van der Waals surface area contributed by atoms with Crippen LogP contribution < -0.4 is 30.0 Å². The number of nitriles is 1. The van der Waals surface area contributed by atoms with Gasteiger partial charge < -0.3 is 35.1 Å². The van der Waals surface area contributed by atoms with Gasteiger partial charge in [0.25, 0.3) is 0 Å². The van der Waals surface area contributed by atoms with E-state index in [1.165, 1.54) is 18.7 Å². The van der Waals surface area contributed by atoms with Gasteiger partial charge in [0, 0.05) is 53.6 Å². The van der Waals surface area contributed by atoms with Crippen LogP contribution in [0, 0.1) is 25.2 Å². The molecular weight excluding hydrogens is 586 g/mol. The molecule has 44 heavy (non-hydrogen) atoms. The minimum atomic E-state index is -0.779. The summed E-state index contributed by atoms with van der Waals surface area (Å²) in [5.74, 6) is 1.40. The minimum absolute atomic E-state index is 0.00656. The van der Waals surface area contributed by atoms with E-state index in [-0.39, 0.29) is 42.8 Å². The monoisotopic (exact) mass is 621 g/mol. The van der Waals surface area contributed by atoms with Crippen molar-refractivity contribution < 1.29 is 33.6 Å². The first-order chi connectivity index (χ1) is 21.1. The maximum Gasteiger partial charge on any atom is 0.308 e. The number of esters is 1. The first kappa shape index (κ1) is 29.0. The van der Waals surface area contributed by atoms with Crippen molar-refractivity contribution >= 4 is 23.6 Å². The fraction of sp³-hybridized carbons (Fsp3) is 0.516. The summed E-state index contributed by atoms with van der Waals surface area (Å²) < 4.78 is 23.6. The number of carbonyl (C=O) groups excluding carboxylic acids is 2. The number of thioether (sulfide) groups is 1. The highest BCUT2D eigenvalue weighted by Gasteiger charge is 2.60. The average molecular weight is 622 g/mol. The van der Waals surface area contributed by atoms with E-state index in [1.54, 1.807) is 7.11 Å². The van der Waals surface area contributed by atoms with Crippen molar-refractivity contribution in [1.29, 1.82) is 5.26 Å². The number of hydrogen-bond donors (Lipinski definition) is 3. The van der Waals surface area contributed by atoms with Crippen LogP contribution in [0.5, 0.6) is 28.7 Å². The zero-order chi connectivity index (χ0) is 31.2. The Morgan fingerprint density at radius 3 is 2.68 bits per heavy atom. The van der Waals surface area contributed by atoms with E-state index in [0.29, 0.717) is 35.0 Å². The average Bonchev–Trinajstić information content (AvgIpc) is 3.47. The van der Waals surface area contributed by atoms with Gasteiger partial charge in [0.05, 0.1) is 36.6 Å². The molecule has 5 aliphatic rings. The molecule has 5 aliphatic heterocycles. The van der Waals surface area contributed by atoms with E-state index in [2.05, 4.69) is 21.2 Å². The Kier molecular flexibility index (Phi) is 6.89. The molecule has 0 spiro atoms. The third kappa shape index (κ3) is 3.94. The maximum atomic E-state index is 13.1. The van der Waals surface area contributed by atoms with Crippen LogP contribution in [-0.4, -0.2) is 84.2 Å². The molecule has 7 atom stereocenters. The lowest BCUT2D eigenvalue weighted by Crippen LogP contribution is -2.69. The smallest absolute Gasteiger partial charge is 0.308 e. The normalized spacial score (nSPS) is 30.4. The molecule has 0 radical (unpaired) electrons. The number of piperazine rings is 1. The molecule has 2 fully saturated rings. The number of likely N-dealkylation sites (N-methyl/N-ethyl adjacent to an activating group) is 1.